The lowest BCUT2D eigenvalue weighted by Gasteiger charge is -2.19. The molecule has 0 aliphatic heterocycles. The van der Waals surface area contributed by atoms with Crippen LogP contribution in [0, 0.1) is 0 Å². The van der Waals surface area contributed by atoms with Crippen LogP contribution in [-0.4, -0.2) is 49.3 Å². The van der Waals surface area contributed by atoms with Crippen molar-refractivity contribution in [3.63, 3.8) is 0 Å². The number of unbranched alkanes of at least 4 members (excludes halogenated alkanes) is 20. The number of ether oxygens (including phenoxy) is 2. The number of esters is 2. The maximum atomic E-state index is 12.8. The highest BCUT2D eigenvalue weighted by Gasteiger charge is 2.26. The Hall–Kier alpha value is -4.63. The van der Waals surface area contributed by atoms with E-state index < -0.39 is 32.5 Å². The van der Waals surface area contributed by atoms with Gasteiger partial charge in [-0.25, -0.2) is 4.57 Å². The van der Waals surface area contributed by atoms with Gasteiger partial charge in [0.25, 0.3) is 0 Å². The number of carbonyl (C=O) groups is 2. The van der Waals surface area contributed by atoms with E-state index in [1.165, 1.54) is 83.5 Å². The van der Waals surface area contributed by atoms with Crippen LogP contribution in [0.5, 0.6) is 0 Å². The lowest BCUT2D eigenvalue weighted by atomic mass is 10.0. The third-order valence-electron chi connectivity index (χ3n) is 13.6. The second-order valence-corrected chi connectivity index (χ2v) is 23.0. The standard InChI is InChI=1S/C75H122NO8P/c1-3-5-7-9-11-13-15-17-19-21-23-25-27-29-30-31-32-33-34-35-36-37-38-39-40-41-42-44-46-48-50-52-54-56-58-60-62-64-66-68-75(78)84-73(72-83-85(79,80)82-70-69-76)71-81-74(77)67-65-63-61-59-57-55-53-51-49-47-45-43-28-26-24-22-20-18-16-14-12-10-8-6-4-2/h5-8,11-14,17-20,23-26,29-30,32-33,35-36,38-39,41-42,46,48,73H,3-4,9-10,15-16,21-22,27-28,31,34,37,40,43-45,47,49-72,76H2,1-2H3,(H,79,80)/b7-5-,8-6-,13-11-,14-12-,19-17-,20-18-,25-23-,26-24-,30-29-,33-32-,36-35-,39-38-,42-41-,48-46-. The number of nitrogens with two attached hydrogens (primary N) is 1. The molecule has 85 heavy (non-hydrogen) atoms. The molecule has 0 rings (SSSR count). The molecule has 0 aromatic heterocycles. The third-order valence-corrected chi connectivity index (χ3v) is 14.6. The van der Waals surface area contributed by atoms with Crippen LogP contribution in [0.2, 0.25) is 0 Å². The van der Waals surface area contributed by atoms with Crippen molar-refractivity contribution in [1.82, 2.24) is 0 Å². The summed E-state index contributed by atoms with van der Waals surface area (Å²) in [6, 6.07) is 0. The molecule has 0 heterocycles. The second kappa shape index (κ2) is 68.5. The summed E-state index contributed by atoms with van der Waals surface area (Å²) in [5.41, 5.74) is 5.40. The second-order valence-electron chi connectivity index (χ2n) is 21.6. The minimum atomic E-state index is -4.41. The van der Waals surface area contributed by atoms with Gasteiger partial charge >= 0.3 is 19.8 Å². The molecule has 0 amide bonds. The molecular weight excluding hydrogens is 1070 g/mol. The molecule has 0 aromatic rings. The largest absolute Gasteiger partial charge is 0.472 e. The molecule has 2 atom stereocenters. The van der Waals surface area contributed by atoms with Crippen LogP contribution in [-0.2, 0) is 32.7 Å². The summed E-state index contributed by atoms with van der Waals surface area (Å²) < 4.78 is 33.1. The van der Waals surface area contributed by atoms with E-state index in [-0.39, 0.29) is 32.6 Å². The zero-order chi connectivity index (χ0) is 61.6. The van der Waals surface area contributed by atoms with E-state index in [2.05, 4.69) is 184 Å². The Kier molecular flexibility index (Phi) is 64.8. The Bertz CT molecular complexity index is 2000. The molecule has 10 heteroatoms. The highest BCUT2D eigenvalue weighted by molar-refractivity contribution is 7.47. The summed E-state index contributed by atoms with van der Waals surface area (Å²) >= 11 is 0. The molecule has 2 unspecified atom stereocenters. The first kappa shape index (κ1) is 80.4. The van der Waals surface area contributed by atoms with Gasteiger partial charge < -0.3 is 20.1 Å². The predicted octanol–water partition coefficient (Wildman–Crippen LogP) is 22.2. The van der Waals surface area contributed by atoms with Gasteiger partial charge in [0.2, 0.25) is 0 Å². The predicted molar refractivity (Wildman–Crippen MR) is 366 cm³/mol. The normalized spacial score (nSPS) is 14.1. The molecule has 0 saturated heterocycles. The lowest BCUT2D eigenvalue weighted by molar-refractivity contribution is -0.161. The Morgan fingerprint density at radius 3 is 0.906 bits per heavy atom. The maximum absolute atomic E-state index is 12.8. The Morgan fingerprint density at radius 1 is 0.353 bits per heavy atom. The van der Waals surface area contributed by atoms with Crippen LogP contribution in [0.1, 0.15) is 258 Å². The van der Waals surface area contributed by atoms with E-state index in [4.69, 9.17) is 24.3 Å². The summed E-state index contributed by atoms with van der Waals surface area (Å²) in [5, 5.41) is 0. The van der Waals surface area contributed by atoms with Crippen LogP contribution in [0.4, 0.5) is 0 Å². The van der Waals surface area contributed by atoms with Crippen molar-refractivity contribution in [3.8, 4) is 0 Å². The van der Waals surface area contributed by atoms with Crippen LogP contribution in [0.15, 0.2) is 170 Å². The van der Waals surface area contributed by atoms with Crippen LogP contribution in [0.3, 0.4) is 0 Å². The molecule has 0 saturated carbocycles. The summed E-state index contributed by atoms with van der Waals surface area (Å²) in [4.78, 5) is 35.3. The summed E-state index contributed by atoms with van der Waals surface area (Å²) in [7, 11) is -4.41. The van der Waals surface area contributed by atoms with Crippen molar-refractivity contribution in [2.75, 3.05) is 26.4 Å². The molecule has 3 N–H and O–H groups in total. The van der Waals surface area contributed by atoms with E-state index in [0.717, 1.165) is 141 Å². The number of rotatable bonds is 61. The van der Waals surface area contributed by atoms with Crippen molar-refractivity contribution in [2.45, 2.75) is 264 Å². The van der Waals surface area contributed by atoms with Gasteiger partial charge in [-0.1, -0.05) is 287 Å². The molecule has 0 radical (unpaired) electrons. The molecular formula is C75H122NO8P. The van der Waals surface area contributed by atoms with Gasteiger partial charge in [0.05, 0.1) is 13.2 Å². The summed E-state index contributed by atoms with van der Waals surface area (Å²) in [6.45, 7) is 3.50. The minimum Gasteiger partial charge on any atom is -0.462 e. The fourth-order valence-electron chi connectivity index (χ4n) is 8.71. The fourth-order valence-corrected chi connectivity index (χ4v) is 9.48. The van der Waals surface area contributed by atoms with Crippen LogP contribution in [0.25, 0.3) is 0 Å². The van der Waals surface area contributed by atoms with Gasteiger partial charge in [-0.05, 0) is 128 Å². The smallest absolute Gasteiger partial charge is 0.462 e. The number of phosphoric acid groups is 1. The van der Waals surface area contributed by atoms with E-state index in [0.29, 0.717) is 6.42 Å². The van der Waals surface area contributed by atoms with E-state index in [1.807, 2.05) is 0 Å². The minimum absolute atomic E-state index is 0.0436. The molecule has 9 nitrogen and oxygen atoms in total. The number of hydrogen-bond donors (Lipinski definition) is 2. The number of allylic oxidation sites excluding steroid dienone is 28. The first-order chi connectivity index (χ1) is 41.8. The van der Waals surface area contributed by atoms with E-state index >= 15 is 0 Å². The average Bonchev–Trinajstić information content (AvgIpc) is 3.53. The fraction of sp³-hybridized carbons (Fsp3) is 0.600. The van der Waals surface area contributed by atoms with E-state index in [1.54, 1.807) is 0 Å². The Morgan fingerprint density at radius 2 is 0.612 bits per heavy atom. The number of hydrogen-bond acceptors (Lipinski definition) is 8. The van der Waals surface area contributed by atoms with Crippen LogP contribution < -0.4 is 5.73 Å². The van der Waals surface area contributed by atoms with Gasteiger partial charge in [-0.15, -0.1) is 0 Å². The third kappa shape index (κ3) is 68.4. The molecule has 0 aliphatic carbocycles. The molecule has 0 fully saturated rings. The van der Waals surface area contributed by atoms with Gasteiger partial charge in [0, 0.05) is 19.4 Å². The first-order valence-electron chi connectivity index (χ1n) is 33.6. The van der Waals surface area contributed by atoms with Crippen molar-refractivity contribution >= 4 is 19.8 Å². The van der Waals surface area contributed by atoms with Gasteiger partial charge in [0.1, 0.15) is 6.61 Å². The number of carbonyl (C=O) groups excluding carboxylic acids is 2. The van der Waals surface area contributed by atoms with Crippen molar-refractivity contribution in [1.29, 1.82) is 0 Å². The summed E-state index contributed by atoms with van der Waals surface area (Å²) in [5.74, 6) is -0.847. The molecule has 0 spiro atoms. The lowest BCUT2D eigenvalue weighted by Crippen LogP contribution is -2.29. The number of phosphoric ester groups is 1. The average molecular weight is 1200 g/mol. The zero-order valence-corrected chi connectivity index (χ0v) is 54.7. The van der Waals surface area contributed by atoms with Crippen molar-refractivity contribution < 1.29 is 37.6 Å². The highest BCUT2D eigenvalue weighted by atomic mass is 31.2. The van der Waals surface area contributed by atoms with Crippen molar-refractivity contribution in [3.05, 3.63) is 170 Å². The molecule has 0 bridgehead atoms. The summed E-state index contributed by atoms with van der Waals surface area (Å²) in [6.07, 6.45) is 101. The Labute approximate surface area is 521 Å². The highest BCUT2D eigenvalue weighted by Crippen LogP contribution is 2.43. The maximum Gasteiger partial charge on any atom is 0.472 e. The van der Waals surface area contributed by atoms with Gasteiger partial charge in [-0.2, -0.15) is 0 Å². The van der Waals surface area contributed by atoms with Crippen LogP contribution >= 0.6 is 7.82 Å². The Balaban J connectivity index is 3.99. The van der Waals surface area contributed by atoms with Gasteiger partial charge in [0.15, 0.2) is 6.10 Å². The first-order valence-corrected chi connectivity index (χ1v) is 35.1. The molecule has 0 aromatic carbocycles. The molecule has 0 aliphatic rings. The van der Waals surface area contributed by atoms with Crippen molar-refractivity contribution in [2.24, 2.45) is 5.73 Å². The zero-order valence-electron chi connectivity index (χ0n) is 53.8. The molecule has 480 valence electrons. The SMILES string of the molecule is CC/C=C\C/C=C\C/C=C\C/C=C\C/C=C\C/C=C\C/C=C\C/C=C\C/C=C\C/C=C\CCCCCCCCCCC(=O)OC(COC(=O)CCCCCCCCCCCCCC/C=C\C/C=C\C/C=C\C/C=C\CC)COP(=O)(O)OCCN. The van der Waals surface area contributed by atoms with Gasteiger partial charge in [-0.3, -0.25) is 18.6 Å². The quantitative estimate of drug-likeness (QED) is 0.0264. The monoisotopic (exact) mass is 1200 g/mol. The van der Waals surface area contributed by atoms with E-state index in [9.17, 15) is 19.0 Å². The topological polar surface area (TPSA) is 134 Å².